The molecule has 0 bridgehead atoms. The minimum absolute atomic E-state index is 0.0248. The standard InChI is InChI=1S/C25H14ClF6N9O2S2/c26-13-10-11(24(27,28)29)8-9-15(13)33-19-36-20(39-22(44)34-14-5-2-1-4-12(14)25(30,31)32)38-21(37-19)40-23-35-18-16(41(42)43)6-3-7-17(18)45-23/h1-10H,(H4,33,34,35,36,37,38,39,40,44). The van der Waals surface area contributed by atoms with Gasteiger partial charge in [-0.3, -0.25) is 15.4 Å². The SMILES string of the molecule is O=[N+]([O-])c1cccc2sc(Nc3nc(NC(=S)Nc4ccccc4C(F)(F)F)nc(Nc4ccc(C(F)(F)F)cc4Cl)n3)nc12. The van der Waals surface area contributed by atoms with Crippen molar-refractivity contribution in [3.8, 4) is 0 Å². The van der Waals surface area contributed by atoms with Gasteiger partial charge in [0, 0.05) is 6.07 Å². The van der Waals surface area contributed by atoms with Crippen LogP contribution in [0.3, 0.4) is 0 Å². The first-order valence-electron chi connectivity index (χ1n) is 12.1. The Morgan fingerprint density at radius 3 is 2.18 bits per heavy atom. The number of halogens is 7. The Hall–Kier alpha value is -4.88. The maximum Gasteiger partial charge on any atom is 0.418 e. The number of alkyl halides is 6. The molecule has 2 aromatic heterocycles. The van der Waals surface area contributed by atoms with Crippen LogP contribution in [0.25, 0.3) is 10.2 Å². The number of para-hydroxylation sites is 2. The van der Waals surface area contributed by atoms with Gasteiger partial charge in [0.15, 0.2) is 15.8 Å². The van der Waals surface area contributed by atoms with E-state index >= 15 is 0 Å². The van der Waals surface area contributed by atoms with Crippen molar-refractivity contribution in [1.29, 1.82) is 0 Å². The van der Waals surface area contributed by atoms with Crippen molar-refractivity contribution in [3.05, 3.63) is 86.9 Å². The first-order chi connectivity index (χ1) is 21.2. The zero-order valence-electron chi connectivity index (χ0n) is 21.8. The number of hydrogen-bond acceptors (Lipinski definition) is 10. The molecule has 4 N–H and O–H groups in total. The monoisotopic (exact) mass is 685 g/mol. The molecule has 0 atom stereocenters. The highest BCUT2D eigenvalue weighted by Gasteiger charge is 2.33. The number of thiazole rings is 1. The van der Waals surface area contributed by atoms with Crippen molar-refractivity contribution >= 4 is 90.5 Å². The molecule has 0 radical (unpaired) electrons. The number of nitro benzene ring substituents is 1. The zero-order chi connectivity index (χ0) is 32.5. The molecular formula is C25H14ClF6N9O2S2. The summed E-state index contributed by atoms with van der Waals surface area (Å²) in [6.45, 7) is 0. The highest BCUT2D eigenvalue weighted by molar-refractivity contribution is 7.80. The van der Waals surface area contributed by atoms with Crippen LogP contribution in [0.2, 0.25) is 5.02 Å². The number of nitrogens with zero attached hydrogens (tertiary/aromatic N) is 5. The molecule has 0 aliphatic heterocycles. The Labute approximate surface area is 261 Å². The third-order valence-corrected chi connectivity index (χ3v) is 7.15. The predicted octanol–water partition coefficient (Wildman–Crippen LogP) is 8.38. The van der Waals surface area contributed by atoms with Crippen molar-refractivity contribution in [2.24, 2.45) is 0 Å². The average Bonchev–Trinajstić information content (AvgIpc) is 3.35. The minimum Gasteiger partial charge on any atom is -0.332 e. The number of anilines is 6. The van der Waals surface area contributed by atoms with Crippen molar-refractivity contribution < 1.29 is 31.3 Å². The lowest BCUT2D eigenvalue weighted by atomic mass is 10.2. The molecule has 0 saturated carbocycles. The zero-order valence-corrected chi connectivity index (χ0v) is 24.2. The van der Waals surface area contributed by atoms with Crippen LogP contribution in [-0.2, 0) is 12.4 Å². The Bertz CT molecular complexity index is 1940. The normalized spacial score (nSPS) is 11.7. The van der Waals surface area contributed by atoms with Crippen LogP contribution in [0.15, 0.2) is 60.7 Å². The lowest BCUT2D eigenvalue weighted by molar-refractivity contribution is -0.383. The number of non-ortho nitro benzene ring substituents is 1. The van der Waals surface area contributed by atoms with Crippen molar-refractivity contribution in [3.63, 3.8) is 0 Å². The van der Waals surface area contributed by atoms with Crippen LogP contribution in [0.4, 0.5) is 66.4 Å². The molecule has 232 valence electrons. The molecule has 0 aliphatic rings. The van der Waals surface area contributed by atoms with Gasteiger partial charge in [0.25, 0.3) is 5.69 Å². The summed E-state index contributed by atoms with van der Waals surface area (Å²) < 4.78 is 80.1. The summed E-state index contributed by atoms with van der Waals surface area (Å²) in [5, 5.41) is 21.2. The predicted molar refractivity (Wildman–Crippen MR) is 160 cm³/mol. The largest absolute Gasteiger partial charge is 0.418 e. The molecule has 11 nitrogen and oxygen atoms in total. The number of aromatic nitrogens is 4. The molecule has 45 heavy (non-hydrogen) atoms. The molecule has 20 heteroatoms. The van der Waals surface area contributed by atoms with E-state index in [1.165, 1.54) is 24.3 Å². The van der Waals surface area contributed by atoms with E-state index in [4.69, 9.17) is 23.8 Å². The van der Waals surface area contributed by atoms with Gasteiger partial charge in [0.2, 0.25) is 17.8 Å². The molecule has 5 rings (SSSR count). The van der Waals surface area contributed by atoms with Crippen LogP contribution in [-0.4, -0.2) is 30.0 Å². The summed E-state index contributed by atoms with van der Waals surface area (Å²) in [6, 6.07) is 11.4. The van der Waals surface area contributed by atoms with Gasteiger partial charge < -0.3 is 16.0 Å². The first-order valence-corrected chi connectivity index (χ1v) is 13.7. The van der Waals surface area contributed by atoms with E-state index < -0.39 is 28.4 Å². The van der Waals surface area contributed by atoms with E-state index in [9.17, 15) is 36.5 Å². The molecule has 0 amide bonds. The molecular weight excluding hydrogens is 672 g/mol. The summed E-state index contributed by atoms with van der Waals surface area (Å²) in [4.78, 5) is 27.4. The van der Waals surface area contributed by atoms with Crippen LogP contribution in [0.1, 0.15) is 11.1 Å². The molecule has 2 heterocycles. The summed E-state index contributed by atoms with van der Waals surface area (Å²) in [5.74, 6) is -0.812. The fourth-order valence-corrected chi connectivity index (χ4v) is 5.09. The van der Waals surface area contributed by atoms with Gasteiger partial charge in [0.1, 0.15) is 0 Å². The van der Waals surface area contributed by atoms with Crippen molar-refractivity contribution in [2.75, 3.05) is 21.3 Å². The molecule has 0 saturated heterocycles. The molecule has 0 spiro atoms. The second kappa shape index (κ2) is 12.3. The summed E-state index contributed by atoms with van der Waals surface area (Å²) in [6.07, 6.45) is -9.34. The maximum absolute atomic E-state index is 13.4. The highest BCUT2D eigenvalue weighted by atomic mass is 35.5. The van der Waals surface area contributed by atoms with E-state index in [0.717, 1.165) is 35.6 Å². The first kappa shape index (κ1) is 31.5. The minimum atomic E-state index is -4.69. The summed E-state index contributed by atoms with van der Waals surface area (Å²) in [7, 11) is 0. The topological polar surface area (TPSA) is 143 Å². The van der Waals surface area contributed by atoms with Gasteiger partial charge in [-0.1, -0.05) is 41.1 Å². The summed E-state index contributed by atoms with van der Waals surface area (Å²) in [5.41, 5.74) is -2.53. The Balaban J connectivity index is 1.47. The van der Waals surface area contributed by atoms with Crippen LogP contribution >= 0.6 is 35.2 Å². The highest BCUT2D eigenvalue weighted by Crippen LogP contribution is 2.37. The molecule has 0 fully saturated rings. The van der Waals surface area contributed by atoms with E-state index in [0.29, 0.717) is 10.8 Å². The van der Waals surface area contributed by atoms with Crippen LogP contribution < -0.4 is 21.3 Å². The van der Waals surface area contributed by atoms with E-state index in [-0.39, 0.29) is 55.7 Å². The van der Waals surface area contributed by atoms with E-state index in [2.05, 4.69) is 41.2 Å². The fraction of sp³-hybridized carbons (Fsp3) is 0.0800. The van der Waals surface area contributed by atoms with Crippen LogP contribution in [0.5, 0.6) is 0 Å². The quantitative estimate of drug-likeness (QED) is 0.0568. The van der Waals surface area contributed by atoms with Crippen molar-refractivity contribution in [2.45, 2.75) is 12.4 Å². The summed E-state index contributed by atoms with van der Waals surface area (Å²) >= 11 is 12.2. The second-order valence-corrected chi connectivity index (χ2v) is 10.6. The number of fused-ring (bicyclic) bond motifs is 1. The molecule has 0 unspecified atom stereocenters. The average molecular weight is 686 g/mol. The smallest absolute Gasteiger partial charge is 0.332 e. The third kappa shape index (κ3) is 7.44. The van der Waals surface area contributed by atoms with Crippen molar-refractivity contribution in [1.82, 2.24) is 19.9 Å². The second-order valence-electron chi connectivity index (χ2n) is 8.77. The Kier molecular flexibility index (Phi) is 8.59. The number of nitrogens with one attached hydrogen (secondary N) is 4. The third-order valence-electron chi connectivity index (χ3n) is 5.70. The Morgan fingerprint density at radius 2 is 1.51 bits per heavy atom. The number of benzene rings is 3. The number of nitro groups is 1. The van der Waals surface area contributed by atoms with Gasteiger partial charge in [-0.25, -0.2) is 4.98 Å². The number of thiocarbonyl (C=S) groups is 1. The molecule has 0 aliphatic carbocycles. The van der Waals surface area contributed by atoms with Gasteiger partial charge in [0.05, 0.1) is 37.1 Å². The van der Waals surface area contributed by atoms with Gasteiger partial charge in [-0.15, -0.1) is 0 Å². The number of rotatable bonds is 7. The van der Waals surface area contributed by atoms with Gasteiger partial charge in [-0.05, 0) is 48.6 Å². The molecule has 3 aromatic carbocycles. The lowest BCUT2D eigenvalue weighted by Gasteiger charge is -2.16. The number of hydrogen-bond donors (Lipinski definition) is 4. The van der Waals surface area contributed by atoms with Gasteiger partial charge >= 0.3 is 12.4 Å². The lowest BCUT2D eigenvalue weighted by Crippen LogP contribution is -2.23. The Morgan fingerprint density at radius 1 is 0.822 bits per heavy atom. The fourth-order valence-electron chi connectivity index (χ4n) is 3.78. The van der Waals surface area contributed by atoms with Crippen LogP contribution in [0, 0.1) is 10.1 Å². The van der Waals surface area contributed by atoms with E-state index in [1.54, 1.807) is 6.07 Å². The van der Waals surface area contributed by atoms with Gasteiger partial charge in [-0.2, -0.15) is 41.3 Å². The molecule has 5 aromatic rings. The maximum atomic E-state index is 13.4. The van der Waals surface area contributed by atoms with E-state index in [1.807, 2.05) is 0 Å².